The lowest BCUT2D eigenvalue weighted by atomic mass is 10.1. The lowest BCUT2D eigenvalue weighted by Gasteiger charge is -2.06. The second-order valence-electron chi connectivity index (χ2n) is 3.28. The summed E-state index contributed by atoms with van der Waals surface area (Å²) in [7, 11) is 0. The van der Waals surface area contributed by atoms with Crippen molar-refractivity contribution < 1.29 is 19.1 Å². The molecule has 1 aromatic carbocycles. The highest BCUT2D eigenvalue weighted by Gasteiger charge is 2.01. The molecule has 4 nitrogen and oxygen atoms in total. The maximum Gasteiger partial charge on any atom is 0.302 e. The lowest BCUT2D eigenvalue weighted by molar-refractivity contribution is -0.141. The molecule has 0 unspecified atom stereocenters. The predicted molar refractivity (Wildman–Crippen MR) is 63.1 cm³/mol. The van der Waals surface area contributed by atoms with E-state index < -0.39 is 0 Å². The fourth-order valence-corrected chi connectivity index (χ4v) is 1.18. The lowest BCUT2D eigenvalue weighted by Crippen LogP contribution is -2.09. The van der Waals surface area contributed by atoms with E-state index in [9.17, 15) is 9.59 Å². The molecule has 0 aliphatic carbocycles. The SMILES string of the molecule is C=CC(=O)c1ccc(OCCOC(C)=O)cc1. The van der Waals surface area contributed by atoms with Crippen LogP contribution in [0.4, 0.5) is 0 Å². The Morgan fingerprint density at radius 2 is 1.88 bits per heavy atom. The van der Waals surface area contributed by atoms with Crippen LogP contribution in [0, 0.1) is 0 Å². The highest BCUT2D eigenvalue weighted by Crippen LogP contribution is 2.12. The van der Waals surface area contributed by atoms with Crippen LogP contribution in [0.2, 0.25) is 0 Å². The van der Waals surface area contributed by atoms with Crippen LogP contribution in [0.15, 0.2) is 36.9 Å². The molecular formula is C13H14O4. The van der Waals surface area contributed by atoms with E-state index in [1.54, 1.807) is 24.3 Å². The Hall–Kier alpha value is -2.10. The van der Waals surface area contributed by atoms with E-state index in [1.807, 2.05) is 0 Å². The summed E-state index contributed by atoms with van der Waals surface area (Å²) in [6.45, 7) is 5.25. The molecule has 0 saturated carbocycles. The first-order chi connectivity index (χ1) is 8.13. The molecule has 0 radical (unpaired) electrons. The topological polar surface area (TPSA) is 52.6 Å². The fourth-order valence-electron chi connectivity index (χ4n) is 1.18. The Morgan fingerprint density at radius 3 is 2.41 bits per heavy atom. The molecule has 0 fully saturated rings. The number of allylic oxidation sites excluding steroid dienone is 1. The summed E-state index contributed by atoms with van der Waals surface area (Å²) < 4.78 is 10.0. The van der Waals surface area contributed by atoms with Gasteiger partial charge in [0.1, 0.15) is 19.0 Å². The van der Waals surface area contributed by atoms with Crippen LogP contribution in [-0.2, 0) is 9.53 Å². The Bertz CT molecular complexity index is 406. The number of benzene rings is 1. The molecule has 0 N–H and O–H groups in total. The molecule has 4 heteroatoms. The van der Waals surface area contributed by atoms with Crippen molar-refractivity contribution in [3.8, 4) is 5.75 Å². The number of ketones is 1. The molecule has 0 saturated heterocycles. The molecule has 0 amide bonds. The molecule has 0 aliphatic heterocycles. The van der Waals surface area contributed by atoms with Crippen molar-refractivity contribution in [1.82, 2.24) is 0 Å². The second kappa shape index (κ2) is 6.48. The maximum atomic E-state index is 11.2. The molecule has 90 valence electrons. The summed E-state index contributed by atoms with van der Waals surface area (Å²) >= 11 is 0. The molecule has 0 bridgehead atoms. The van der Waals surface area contributed by atoms with E-state index in [0.717, 1.165) is 0 Å². The van der Waals surface area contributed by atoms with Gasteiger partial charge in [0, 0.05) is 12.5 Å². The molecule has 1 aromatic rings. The van der Waals surface area contributed by atoms with Crippen molar-refractivity contribution in [2.45, 2.75) is 6.92 Å². The van der Waals surface area contributed by atoms with E-state index in [2.05, 4.69) is 6.58 Å². The quantitative estimate of drug-likeness (QED) is 0.327. The smallest absolute Gasteiger partial charge is 0.302 e. The summed E-state index contributed by atoms with van der Waals surface area (Å²) in [4.78, 5) is 21.7. The van der Waals surface area contributed by atoms with Crippen molar-refractivity contribution in [2.75, 3.05) is 13.2 Å². The highest BCUT2D eigenvalue weighted by molar-refractivity contribution is 6.04. The van der Waals surface area contributed by atoms with Gasteiger partial charge in [-0.1, -0.05) is 6.58 Å². The van der Waals surface area contributed by atoms with Gasteiger partial charge in [-0.05, 0) is 30.3 Å². The summed E-state index contributed by atoms with van der Waals surface area (Å²) in [5, 5.41) is 0. The van der Waals surface area contributed by atoms with Gasteiger partial charge in [-0.2, -0.15) is 0 Å². The zero-order chi connectivity index (χ0) is 12.7. The summed E-state index contributed by atoms with van der Waals surface area (Å²) in [5.41, 5.74) is 0.562. The third-order valence-corrected chi connectivity index (χ3v) is 1.98. The summed E-state index contributed by atoms with van der Waals surface area (Å²) in [6.07, 6.45) is 1.26. The molecule has 0 heterocycles. The van der Waals surface area contributed by atoms with Crippen LogP contribution >= 0.6 is 0 Å². The zero-order valence-corrected chi connectivity index (χ0v) is 9.64. The molecule has 0 spiro atoms. The Balaban J connectivity index is 2.43. The minimum Gasteiger partial charge on any atom is -0.490 e. The van der Waals surface area contributed by atoms with Crippen molar-refractivity contribution in [3.05, 3.63) is 42.5 Å². The van der Waals surface area contributed by atoms with Gasteiger partial charge in [-0.15, -0.1) is 0 Å². The Kier molecular flexibility index (Phi) is 4.94. The van der Waals surface area contributed by atoms with Crippen LogP contribution in [0.1, 0.15) is 17.3 Å². The largest absolute Gasteiger partial charge is 0.490 e. The Morgan fingerprint density at radius 1 is 1.24 bits per heavy atom. The van der Waals surface area contributed by atoms with E-state index in [0.29, 0.717) is 11.3 Å². The number of carbonyl (C=O) groups excluding carboxylic acids is 2. The van der Waals surface area contributed by atoms with Gasteiger partial charge < -0.3 is 9.47 Å². The first-order valence-electron chi connectivity index (χ1n) is 5.16. The van der Waals surface area contributed by atoms with Crippen LogP contribution < -0.4 is 4.74 Å². The monoisotopic (exact) mass is 234 g/mol. The zero-order valence-electron chi connectivity index (χ0n) is 9.64. The Labute approximate surface area is 99.8 Å². The van der Waals surface area contributed by atoms with E-state index in [4.69, 9.17) is 9.47 Å². The minimum atomic E-state index is -0.333. The first kappa shape index (κ1) is 13.0. The normalized spacial score (nSPS) is 9.47. The molecule has 0 aromatic heterocycles. The molecule has 0 atom stereocenters. The van der Waals surface area contributed by atoms with Gasteiger partial charge in [0.2, 0.25) is 0 Å². The van der Waals surface area contributed by atoms with Crippen LogP contribution in [0.25, 0.3) is 0 Å². The number of rotatable bonds is 6. The summed E-state index contributed by atoms with van der Waals surface area (Å²) in [6, 6.07) is 6.69. The van der Waals surface area contributed by atoms with Gasteiger partial charge in [0.15, 0.2) is 5.78 Å². The predicted octanol–water partition coefficient (Wildman–Crippen LogP) is 2.00. The van der Waals surface area contributed by atoms with Gasteiger partial charge in [-0.3, -0.25) is 9.59 Å². The second-order valence-corrected chi connectivity index (χ2v) is 3.28. The fraction of sp³-hybridized carbons (Fsp3) is 0.231. The average Bonchev–Trinajstić information content (AvgIpc) is 2.34. The molecule has 1 rings (SSSR count). The van der Waals surface area contributed by atoms with E-state index in [1.165, 1.54) is 13.0 Å². The maximum absolute atomic E-state index is 11.2. The van der Waals surface area contributed by atoms with Gasteiger partial charge in [-0.25, -0.2) is 0 Å². The summed E-state index contributed by atoms with van der Waals surface area (Å²) in [5.74, 6) is 0.162. The van der Waals surface area contributed by atoms with Crippen LogP contribution in [0.3, 0.4) is 0 Å². The van der Waals surface area contributed by atoms with Crippen molar-refractivity contribution in [2.24, 2.45) is 0 Å². The number of carbonyl (C=O) groups is 2. The third kappa shape index (κ3) is 4.51. The molecule has 17 heavy (non-hydrogen) atoms. The molecular weight excluding hydrogens is 220 g/mol. The molecule has 0 aliphatic rings. The van der Waals surface area contributed by atoms with Crippen molar-refractivity contribution in [1.29, 1.82) is 0 Å². The van der Waals surface area contributed by atoms with Gasteiger partial charge in [0.25, 0.3) is 0 Å². The third-order valence-electron chi connectivity index (χ3n) is 1.98. The van der Waals surface area contributed by atoms with E-state index in [-0.39, 0.29) is 25.0 Å². The minimum absolute atomic E-state index is 0.128. The van der Waals surface area contributed by atoms with Gasteiger partial charge in [0.05, 0.1) is 0 Å². The highest BCUT2D eigenvalue weighted by atomic mass is 16.6. The van der Waals surface area contributed by atoms with Crippen molar-refractivity contribution >= 4 is 11.8 Å². The van der Waals surface area contributed by atoms with Crippen LogP contribution in [-0.4, -0.2) is 25.0 Å². The van der Waals surface area contributed by atoms with E-state index >= 15 is 0 Å². The van der Waals surface area contributed by atoms with Crippen LogP contribution in [0.5, 0.6) is 5.75 Å². The standard InChI is InChI=1S/C13H14O4/c1-3-13(15)11-4-6-12(7-5-11)17-9-8-16-10(2)14/h3-7H,1,8-9H2,2H3. The number of ether oxygens (including phenoxy) is 2. The number of hydrogen-bond donors (Lipinski definition) is 0. The number of esters is 1. The first-order valence-corrected chi connectivity index (χ1v) is 5.16. The number of hydrogen-bond acceptors (Lipinski definition) is 4. The van der Waals surface area contributed by atoms with Gasteiger partial charge >= 0.3 is 5.97 Å². The van der Waals surface area contributed by atoms with Crippen molar-refractivity contribution in [3.63, 3.8) is 0 Å². The average molecular weight is 234 g/mol.